The topological polar surface area (TPSA) is 106 Å². The van der Waals surface area contributed by atoms with Crippen molar-refractivity contribution in [3.05, 3.63) is 58.4 Å². The number of hydrogen-bond donors (Lipinski definition) is 2. The van der Waals surface area contributed by atoms with Crippen LogP contribution in [-0.2, 0) is 0 Å². The molecule has 0 spiro atoms. The number of methoxy groups -OCH3 is 1. The molecule has 9 heteroatoms. The predicted octanol–water partition coefficient (Wildman–Crippen LogP) is 4.16. The number of ether oxygens (including phenoxy) is 1. The number of amides is 1. The molecule has 3 aromatic rings. The molecule has 8 nitrogen and oxygen atoms in total. The number of primary amides is 1. The van der Waals surface area contributed by atoms with Crippen LogP contribution in [-0.4, -0.2) is 53.0 Å². The Bertz CT molecular complexity index is 1180. The van der Waals surface area contributed by atoms with E-state index in [0.29, 0.717) is 16.5 Å². The van der Waals surface area contributed by atoms with Crippen LogP contribution in [0, 0.1) is 6.92 Å². The summed E-state index contributed by atoms with van der Waals surface area (Å²) in [5.41, 5.74) is 9.80. The number of likely N-dealkylation sites (tertiary alicyclic amines) is 1. The normalized spacial score (nSPS) is 14.8. The maximum absolute atomic E-state index is 12.2. The van der Waals surface area contributed by atoms with Crippen LogP contribution in [0.5, 0.6) is 5.88 Å². The molecule has 33 heavy (non-hydrogen) atoms. The number of carbonyl (C=O) groups is 1. The maximum atomic E-state index is 12.2. The second-order valence-electron chi connectivity index (χ2n) is 8.27. The van der Waals surface area contributed by atoms with Gasteiger partial charge in [0.2, 0.25) is 11.8 Å². The van der Waals surface area contributed by atoms with Crippen LogP contribution < -0.4 is 15.8 Å². The van der Waals surface area contributed by atoms with E-state index in [1.807, 2.05) is 6.07 Å². The lowest BCUT2D eigenvalue weighted by molar-refractivity contribution is 0.0997. The molecular weight excluding hydrogens is 440 g/mol. The molecule has 1 aromatic carbocycles. The molecule has 1 saturated heterocycles. The maximum Gasteiger partial charge on any atom is 0.256 e. The van der Waals surface area contributed by atoms with Gasteiger partial charge in [-0.25, -0.2) is 4.98 Å². The van der Waals surface area contributed by atoms with E-state index in [1.54, 1.807) is 12.3 Å². The van der Waals surface area contributed by atoms with E-state index in [2.05, 4.69) is 51.3 Å². The molecule has 0 radical (unpaired) electrons. The second-order valence-corrected chi connectivity index (χ2v) is 8.68. The molecule has 1 aliphatic heterocycles. The lowest BCUT2D eigenvalue weighted by atomic mass is 9.87. The highest BCUT2D eigenvalue weighted by Crippen LogP contribution is 2.34. The molecule has 2 aromatic heterocycles. The number of nitrogens with one attached hydrogen (secondary N) is 1. The zero-order valence-corrected chi connectivity index (χ0v) is 19.7. The van der Waals surface area contributed by atoms with E-state index in [0.717, 1.165) is 31.6 Å². The minimum Gasteiger partial charge on any atom is -0.480 e. The third-order valence-corrected chi connectivity index (χ3v) is 6.35. The first-order valence-electron chi connectivity index (χ1n) is 10.8. The predicted molar refractivity (Wildman–Crippen MR) is 129 cm³/mol. The van der Waals surface area contributed by atoms with Gasteiger partial charge in [-0.15, -0.1) is 0 Å². The quantitative estimate of drug-likeness (QED) is 0.561. The monoisotopic (exact) mass is 466 g/mol. The molecule has 1 fully saturated rings. The summed E-state index contributed by atoms with van der Waals surface area (Å²) in [5, 5.41) is 3.61. The van der Waals surface area contributed by atoms with Crippen molar-refractivity contribution >= 4 is 29.1 Å². The number of hydrogen-bond acceptors (Lipinski definition) is 7. The first-order chi connectivity index (χ1) is 15.9. The number of aromatic nitrogens is 3. The highest BCUT2D eigenvalue weighted by molar-refractivity contribution is 6.33. The van der Waals surface area contributed by atoms with Crippen molar-refractivity contribution in [3.63, 3.8) is 0 Å². The number of halogens is 1. The first-order valence-corrected chi connectivity index (χ1v) is 11.2. The van der Waals surface area contributed by atoms with Crippen molar-refractivity contribution in [2.45, 2.75) is 25.7 Å². The number of anilines is 2. The van der Waals surface area contributed by atoms with Gasteiger partial charge in [0.25, 0.3) is 5.91 Å². The number of rotatable bonds is 6. The fourth-order valence-electron chi connectivity index (χ4n) is 4.27. The summed E-state index contributed by atoms with van der Waals surface area (Å²) in [6.45, 7) is 4.35. The summed E-state index contributed by atoms with van der Waals surface area (Å²) in [4.78, 5) is 27.6. The van der Waals surface area contributed by atoms with E-state index in [9.17, 15) is 4.79 Å². The molecule has 0 saturated carbocycles. The molecule has 0 aliphatic carbocycles. The number of benzene rings is 1. The Kier molecular flexibility index (Phi) is 6.76. The Morgan fingerprint density at radius 2 is 2.00 bits per heavy atom. The van der Waals surface area contributed by atoms with E-state index >= 15 is 0 Å². The Morgan fingerprint density at radius 3 is 2.64 bits per heavy atom. The molecule has 3 heterocycles. The lowest BCUT2D eigenvalue weighted by Crippen LogP contribution is -2.29. The molecule has 4 rings (SSSR count). The van der Waals surface area contributed by atoms with E-state index in [4.69, 9.17) is 22.1 Å². The molecule has 0 unspecified atom stereocenters. The lowest BCUT2D eigenvalue weighted by Gasteiger charge is -2.30. The fraction of sp³-hybridized carbons (Fsp3) is 0.333. The van der Waals surface area contributed by atoms with Crippen molar-refractivity contribution in [1.29, 1.82) is 0 Å². The van der Waals surface area contributed by atoms with Crippen LogP contribution in [0.25, 0.3) is 11.3 Å². The van der Waals surface area contributed by atoms with Gasteiger partial charge in [0.15, 0.2) is 0 Å². The Balaban J connectivity index is 1.68. The number of nitrogens with zero attached hydrogens (tertiary/aromatic N) is 4. The third-order valence-electron chi connectivity index (χ3n) is 6.02. The number of carbonyl (C=O) groups excluding carboxylic acids is 1. The second kappa shape index (κ2) is 9.72. The van der Waals surface area contributed by atoms with Gasteiger partial charge in [-0.1, -0.05) is 17.7 Å². The van der Waals surface area contributed by atoms with Gasteiger partial charge in [-0.2, -0.15) is 4.98 Å². The molecule has 3 N–H and O–H groups in total. The van der Waals surface area contributed by atoms with Crippen molar-refractivity contribution in [1.82, 2.24) is 19.9 Å². The largest absolute Gasteiger partial charge is 0.480 e. The first kappa shape index (κ1) is 22.9. The zero-order chi connectivity index (χ0) is 23.5. The minimum atomic E-state index is -0.716. The van der Waals surface area contributed by atoms with Gasteiger partial charge < -0.3 is 20.7 Å². The number of piperidine rings is 1. The highest BCUT2D eigenvalue weighted by Gasteiger charge is 2.24. The van der Waals surface area contributed by atoms with Gasteiger partial charge in [0.1, 0.15) is 5.56 Å². The molecule has 1 aliphatic rings. The smallest absolute Gasteiger partial charge is 0.256 e. The third kappa shape index (κ3) is 4.91. The Labute approximate surface area is 198 Å². The van der Waals surface area contributed by atoms with Crippen molar-refractivity contribution < 1.29 is 9.53 Å². The summed E-state index contributed by atoms with van der Waals surface area (Å²) in [6, 6.07) is 7.90. The molecule has 0 atom stereocenters. The summed E-state index contributed by atoms with van der Waals surface area (Å²) < 4.78 is 5.36. The van der Waals surface area contributed by atoms with E-state index in [1.165, 1.54) is 24.4 Å². The number of pyridine rings is 1. The summed E-state index contributed by atoms with van der Waals surface area (Å²) in [5.74, 6) is 0.181. The summed E-state index contributed by atoms with van der Waals surface area (Å²) in [7, 11) is 3.59. The van der Waals surface area contributed by atoms with Crippen molar-refractivity contribution in [3.8, 4) is 17.1 Å². The van der Waals surface area contributed by atoms with E-state index in [-0.39, 0.29) is 23.1 Å². The van der Waals surface area contributed by atoms with Crippen molar-refractivity contribution in [2.24, 2.45) is 5.73 Å². The molecular formula is C24H27ClN6O2. The van der Waals surface area contributed by atoms with Crippen LogP contribution in [0.2, 0.25) is 5.02 Å². The minimum absolute atomic E-state index is 0.0479. The highest BCUT2D eigenvalue weighted by atomic mass is 35.5. The average molecular weight is 467 g/mol. The number of aryl methyl sites for hydroxylation is 1. The SMILES string of the molecule is COc1nc(Nc2ccc(C3CCN(C)CC3)c(C)c2)nc(-c2cnccc2Cl)c1C(N)=O. The van der Waals surface area contributed by atoms with Crippen molar-refractivity contribution in [2.75, 3.05) is 32.6 Å². The zero-order valence-electron chi connectivity index (χ0n) is 18.9. The summed E-state index contributed by atoms with van der Waals surface area (Å²) >= 11 is 6.35. The van der Waals surface area contributed by atoms with Crippen LogP contribution >= 0.6 is 11.6 Å². The summed E-state index contributed by atoms with van der Waals surface area (Å²) in [6.07, 6.45) is 5.41. The standard InChI is InChI=1S/C24H27ClN6O2/c1-14-12-16(4-5-17(14)15-7-10-31(2)11-8-15)28-24-29-21(18-13-27-9-6-19(18)25)20(22(26)32)23(30-24)33-3/h4-6,9,12-13,15H,7-8,10-11H2,1-3H3,(H2,26,32)(H,28,29,30). The van der Waals surface area contributed by atoms with Gasteiger partial charge in [0, 0.05) is 23.6 Å². The van der Waals surface area contributed by atoms with Crippen LogP contribution in [0.1, 0.15) is 40.2 Å². The van der Waals surface area contributed by atoms with Gasteiger partial charge in [-0.05, 0) is 75.1 Å². The molecule has 1 amide bonds. The molecule has 172 valence electrons. The van der Waals surface area contributed by atoms with Crippen LogP contribution in [0.3, 0.4) is 0 Å². The fourth-order valence-corrected chi connectivity index (χ4v) is 4.47. The molecule has 0 bridgehead atoms. The van der Waals surface area contributed by atoms with Gasteiger partial charge in [0.05, 0.1) is 17.8 Å². The Morgan fingerprint density at radius 1 is 1.24 bits per heavy atom. The van der Waals surface area contributed by atoms with E-state index < -0.39 is 5.91 Å². The van der Waals surface area contributed by atoms with Crippen LogP contribution in [0.15, 0.2) is 36.7 Å². The number of nitrogens with two attached hydrogens (primary N) is 1. The van der Waals surface area contributed by atoms with Gasteiger partial charge >= 0.3 is 0 Å². The Hall–Kier alpha value is -3.23. The average Bonchev–Trinajstić information content (AvgIpc) is 2.79. The van der Waals surface area contributed by atoms with Crippen LogP contribution in [0.4, 0.5) is 11.6 Å². The van der Waals surface area contributed by atoms with Gasteiger partial charge in [-0.3, -0.25) is 9.78 Å².